The number of benzene rings is 1. The topological polar surface area (TPSA) is 29.9 Å². The van der Waals surface area contributed by atoms with Crippen LogP contribution in [0.3, 0.4) is 0 Å². The van der Waals surface area contributed by atoms with E-state index in [9.17, 15) is 0 Å². The molecule has 1 atom stereocenters. The van der Waals surface area contributed by atoms with Crippen LogP contribution >= 0.6 is 15.9 Å². The molecule has 0 aliphatic rings. The van der Waals surface area contributed by atoms with E-state index < -0.39 is 0 Å². The second-order valence-corrected chi connectivity index (χ2v) is 6.24. The van der Waals surface area contributed by atoms with Crippen molar-refractivity contribution in [3.63, 3.8) is 0 Å². The zero-order valence-electron chi connectivity index (χ0n) is 13.0. The molecule has 1 aromatic heterocycles. The number of aromatic nitrogens is 2. The third kappa shape index (κ3) is 4.17. The molecule has 3 nitrogen and oxygen atoms in total. The number of hydrogen-bond donors (Lipinski definition) is 1. The van der Waals surface area contributed by atoms with Gasteiger partial charge >= 0.3 is 0 Å². The highest BCUT2D eigenvalue weighted by atomic mass is 79.9. The highest BCUT2D eigenvalue weighted by Gasteiger charge is 2.11. The smallest absolute Gasteiger partial charge is 0.0762 e. The van der Waals surface area contributed by atoms with E-state index in [0.29, 0.717) is 12.1 Å². The van der Waals surface area contributed by atoms with Crippen LogP contribution in [0.15, 0.2) is 41.0 Å². The monoisotopic (exact) mass is 349 g/mol. The summed E-state index contributed by atoms with van der Waals surface area (Å²) in [6, 6.07) is 11.2. The maximum Gasteiger partial charge on any atom is 0.0762 e. The fourth-order valence-electron chi connectivity index (χ4n) is 2.53. The van der Waals surface area contributed by atoms with Gasteiger partial charge in [0.2, 0.25) is 0 Å². The Bertz CT molecular complexity index is 561. The minimum atomic E-state index is 0.291. The Labute approximate surface area is 135 Å². The van der Waals surface area contributed by atoms with Crippen molar-refractivity contribution in [1.82, 2.24) is 15.1 Å². The number of hydrogen-bond acceptors (Lipinski definition) is 2. The van der Waals surface area contributed by atoms with E-state index in [0.717, 1.165) is 29.6 Å². The largest absolute Gasteiger partial charge is 0.304 e. The van der Waals surface area contributed by atoms with Gasteiger partial charge in [0.15, 0.2) is 0 Å². The Morgan fingerprint density at radius 3 is 2.57 bits per heavy atom. The van der Waals surface area contributed by atoms with E-state index in [-0.39, 0.29) is 0 Å². The first-order valence-electron chi connectivity index (χ1n) is 7.67. The lowest BCUT2D eigenvalue weighted by Gasteiger charge is -2.15. The molecule has 2 aromatic rings. The van der Waals surface area contributed by atoms with Crippen molar-refractivity contribution in [3.05, 3.63) is 52.3 Å². The number of nitrogens with one attached hydrogen (secondary N) is 1. The molecule has 0 saturated heterocycles. The van der Waals surface area contributed by atoms with Crippen LogP contribution in [0, 0.1) is 0 Å². The van der Waals surface area contributed by atoms with Crippen LogP contribution in [-0.4, -0.2) is 9.78 Å². The van der Waals surface area contributed by atoms with Crippen LogP contribution in [0.1, 0.15) is 57.0 Å². The van der Waals surface area contributed by atoms with Gasteiger partial charge in [0.25, 0.3) is 0 Å². The first-order chi connectivity index (χ1) is 10.2. The van der Waals surface area contributed by atoms with Gasteiger partial charge in [0, 0.05) is 23.3 Å². The van der Waals surface area contributed by atoms with Gasteiger partial charge in [-0.2, -0.15) is 5.10 Å². The van der Waals surface area contributed by atoms with Crippen molar-refractivity contribution in [2.75, 3.05) is 0 Å². The Hall–Kier alpha value is -1.13. The van der Waals surface area contributed by atoms with Gasteiger partial charge in [-0.1, -0.05) is 48.0 Å². The van der Waals surface area contributed by atoms with Crippen LogP contribution in [0.5, 0.6) is 0 Å². The lowest BCUT2D eigenvalue weighted by Crippen LogP contribution is -2.19. The quantitative estimate of drug-likeness (QED) is 0.773. The Morgan fingerprint density at radius 1 is 1.19 bits per heavy atom. The van der Waals surface area contributed by atoms with Crippen molar-refractivity contribution in [1.29, 1.82) is 0 Å². The molecule has 21 heavy (non-hydrogen) atoms. The lowest BCUT2D eigenvalue weighted by atomic mass is 10.1. The van der Waals surface area contributed by atoms with E-state index in [1.165, 1.54) is 5.56 Å². The lowest BCUT2D eigenvalue weighted by molar-refractivity contribution is 0.423. The molecular formula is C17H24BrN3. The van der Waals surface area contributed by atoms with E-state index >= 15 is 0 Å². The van der Waals surface area contributed by atoms with Crippen LogP contribution in [0.25, 0.3) is 0 Å². The fourth-order valence-corrected chi connectivity index (χ4v) is 3.16. The van der Waals surface area contributed by atoms with Crippen LogP contribution in [0.4, 0.5) is 0 Å². The predicted molar refractivity (Wildman–Crippen MR) is 91.2 cm³/mol. The average molecular weight is 350 g/mol. The van der Waals surface area contributed by atoms with Crippen molar-refractivity contribution < 1.29 is 0 Å². The van der Waals surface area contributed by atoms with Gasteiger partial charge in [-0.15, -0.1) is 0 Å². The van der Waals surface area contributed by atoms with Gasteiger partial charge in [-0.3, -0.25) is 4.68 Å². The summed E-state index contributed by atoms with van der Waals surface area (Å²) in [6.45, 7) is 7.39. The minimum Gasteiger partial charge on any atom is -0.304 e. The van der Waals surface area contributed by atoms with Gasteiger partial charge in [0.1, 0.15) is 0 Å². The van der Waals surface area contributed by atoms with Crippen molar-refractivity contribution in [3.8, 4) is 0 Å². The molecule has 4 heteroatoms. The molecule has 0 radical (unpaired) electrons. The molecule has 0 spiro atoms. The SMILES string of the molecule is CCC(CC)n1ccc(CN[C@H](C)c2ccccc2Br)n1. The number of rotatable bonds is 7. The average Bonchev–Trinajstić information content (AvgIpc) is 2.95. The van der Waals surface area contributed by atoms with E-state index in [1.807, 2.05) is 6.07 Å². The molecule has 2 rings (SSSR count). The summed E-state index contributed by atoms with van der Waals surface area (Å²) >= 11 is 3.61. The highest BCUT2D eigenvalue weighted by Crippen LogP contribution is 2.23. The first-order valence-corrected chi connectivity index (χ1v) is 8.46. The molecule has 0 amide bonds. The van der Waals surface area contributed by atoms with E-state index in [2.05, 4.69) is 82.3 Å². The second kappa shape index (κ2) is 7.76. The van der Waals surface area contributed by atoms with Gasteiger partial charge in [-0.05, 0) is 37.5 Å². The van der Waals surface area contributed by atoms with E-state index in [4.69, 9.17) is 0 Å². The van der Waals surface area contributed by atoms with Crippen molar-refractivity contribution in [2.45, 2.75) is 52.2 Å². The van der Waals surface area contributed by atoms with Gasteiger partial charge < -0.3 is 5.32 Å². The fraction of sp³-hybridized carbons (Fsp3) is 0.471. The standard InChI is InChI=1S/C17H24BrN3/c1-4-15(5-2)21-11-10-14(20-21)12-19-13(3)16-8-6-7-9-17(16)18/h6-11,13,15,19H,4-5,12H2,1-3H3/t13-/m1/s1. The minimum absolute atomic E-state index is 0.291. The summed E-state index contributed by atoms with van der Waals surface area (Å²) < 4.78 is 3.24. The maximum absolute atomic E-state index is 4.68. The first kappa shape index (κ1) is 16.2. The molecule has 1 N–H and O–H groups in total. The highest BCUT2D eigenvalue weighted by molar-refractivity contribution is 9.10. The number of halogens is 1. The summed E-state index contributed by atoms with van der Waals surface area (Å²) in [4.78, 5) is 0. The molecule has 1 aromatic carbocycles. The number of nitrogens with zero attached hydrogens (tertiary/aromatic N) is 2. The molecule has 1 heterocycles. The summed E-state index contributed by atoms with van der Waals surface area (Å²) in [5.41, 5.74) is 2.37. The van der Waals surface area contributed by atoms with Gasteiger partial charge in [-0.25, -0.2) is 0 Å². The zero-order chi connectivity index (χ0) is 15.2. The molecular weight excluding hydrogens is 326 g/mol. The third-order valence-electron chi connectivity index (χ3n) is 3.94. The molecule has 114 valence electrons. The molecule has 0 fully saturated rings. The Morgan fingerprint density at radius 2 is 1.90 bits per heavy atom. The maximum atomic E-state index is 4.68. The Balaban J connectivity index is 1.96. The molecule has 0 unspecified atom stereocenters. The van der Waals surface area contributed by atoms with Crippen molar-refractivity contribution >= 4 is 15.9 Å². The molecule has 0 aliphatic carbocycles. The van der Waals surface area contributed by atoms with E-state index in [1.54, 1.807) is 0 Å². The Kier molecular flexibility index (Phi) is 6.00. The normalized spacial score (nSPS) is 12.8. The summed E-state index contributed by atoms with van der Waals surface area (Å²) in [5.74, 6) is 0. The van der Waals surface area contributed by atoms with Crippen molar-refractivity contribution in [2.24, 2.45) is 0 Å². The summed E-state index contributed by atoms with van der Waals surface area (Å²) in [6.07, 6.45) is 4.34. The zero-order valence-corrected chi connectivity index (χ0v) is 14.6. The molecule has 0 aliphatic heterocycles. The predicted octanol–water partition coefficient (Wildman–Crippen LogP) is 4.86. The van der Waals surface area contributed by atoms with Crippen LogP contribution in [0.2, 0.25) is 0 Å². The van der Waals surface area contributed by atoms with Gasteiger partial charge in [0.05, 0.1) is 11.7 Å². The summed E-state index contributed by atoms with van der Waals surface area (Å²) in [5, 5.41) is 8.22. The van der Waals surface area contributed by atoms with Crippen LogP contribution in [-0.2, 0) is 6.54 Å². The third-order valence-corrected chi connectivity index (χ3v) is 4.66. The molecule has 0 saturated carbocycles. The molecule has 0 bridgehead atoms. The van der Waals surface area contributed by atoms with Crippen LogP contribution < -0.4 is 5.32 Å². The second-order valence-electron chi connectivity index (χ2n) is 5.38. The summed E-state index contributed by atoms with van der Waals surface area (Å²) in [7, 11) is 0.